The monoisotopic (exact) mass is 391 g/mol. The molecule has 0 fully saturated rings. The molecule has 0 saturated carbocycles. The summed E-state index contributed by atoms with van der Waals surface area (Å²) in [5, 5.41) is 12.3. The summed E-state index contributed by atoms with van der Waals surface area (Å²) in [4.78, 5) is 11.2. The van der Waals surface area contributed by atoms with Gasteiger partial charge in [0, 0.05) is 11.0 Å². The second-order valence-electron chi connectivity index (χ2n) is 5.62. The number of benzene rings is 2. The molecule has 5 heteroatoms. The summed E-state index contributed by atoms with van der Waals surface area (Å²) in [6, 6.07) is 14.8. The van der Waals surface area contributed by atoms with Gasteiger partial charge in [-0.15, -0.1) is 0 Å². The Balaban J connectivity index is 1.90. The van der Waals surface area contributed by atoms with Gasteiger partial charge in [-0.05, 0) is 42.3 Å². The van der Waals surface area contributed by atoms with Crippen LogP contribution in [0.1, 0.15) is 31.7 Å². The molecule has 0 aliphatic heterocycles. The van der Waals surface area contributed by atoms with Gasteiger partial charge in [0.1, 0.15) is 17.5 Å². The largest absolute Gasteiger partial charge is 0.480 e. The van der Waals surface area contributed by atoms with Crippen LogP contribution in [0.4, 0.5) is 0 Å². The molecule has 2 rings (SSSR count). The Morgan fingerprint density at radius 2 is 1.96 bits per heavy atom. The number of unbranched alkanes of at least 4 members (excludes halogenated alkanes) is 1. The van der Waals surface area contributed by atoms with E-state index in [2.05, 4.69) is 28.2 Å². The molecule has 0 radical (unpaired) electrons. The molecule has 2 aromatic rings. The van der Waals surface area contributed by atoms with Crippen molar-refractivity contribution in [2.24, 2.45) is 0 Å². The number of carboxylic acids is 1. The molecule has 2 N–H and O–H groups in total. The van der Waals surface area contributed by atoms with E-state index in [1.165, 1.54) is 0 Å². The van der Waals surface area contributed by atoms with Crippen LogP contribution in [0.25, 0.3) is 0 Å². The van der Waals surface area contributed by atoms with Gasteiger partial charge in [0.15, 0.2) is 0 Å². The molecular formula is C19H22BrNO3. The molecule has 2 aromatic carbocycles. The van der Waals surface area contributed by atoms with Crippen molar-refractivity contribution in [1.82, 2.24) is 5.32 Å². The molecule has 0 heterocycles. The third-order valence-corrected chi connectivity index (χ3v) is 4.15. The van der Waals surface area contributed by atoms with Crippen LogP contribution in [0.3, 0.4) is 0 Å². The van der Waals surface area contributed by atoms with Gasteiger partial charge in [0.25, 0.3) is 0 Å². The lowest BCUT2D eigenvalue weighted by atomic mass is 10.1. The number of hydrogen-bond donors (Lipinski definition) is 2. The van der Waals surface area contributed by atoms with Gasteiger partial charge in [-0.25, -0.2) is 0 Å². The average molecular weight is 392 g/mol. The zero-order valence-electron chi connectivity index (χ0n) is 13.7. The summed E-state index contributed by atoms with van der Waals surface area (Å²) in [7, 11) is 0. The van der Waals surface area contributed by atoms with E-state index in [0.717, 1.165) is 34.4 Å². The van der Waals surface area contributed by atoms with E-state index in [0.29, 0.717) is 13.0 Å². The number of rotatable bonds is 9. The molecular weight excluding hydrogens is 370 g/mol. The first-order valence-corrected chi connectivity index (χ1v) is 8.86. The Labute approximate surface area is 151 Å². The summed E-state index contributed by atoms with van der Waals surface area (Å²) in [6.45, 7) is 2.58. The molecule has 0 saturated heterocycles. The van der Waals surface area contributed by atoms with Crippen molar-refractivity contribution in [3.8, 4) is 11.5 Å². The lowest BCUT2D eigenvalue weighted by Gasteiger charge is -2.14. The number of carboxylic acid groups (broad SMARTS) is 1. The predicted octanol–water partition coefficient (Wildman–Crippen LogP) is 4.97. The fraction of sp³-hybridized carbons (Fsp3) is 0.316. The van der Waals surface area contributed by atoms with Crippen LogP contribution in [0.2, 0.25) is 0 Å². The molecule has 0 bridgehead atoms. The Bertz CT molecular complexity index is 658. The van der Waals surface area contributed by atoms with Crippen LogP contribution in [-0.4, -0.2) is 17.1 Å². The van der Waals surface area contributed by atoms with Crippen LogP contribution in [0.5, 0.6) is 11.5 Å². The molecule has 1 unspecified atom stereocenters. The minimum absolute atomic E-state index is 0.498. The van der Waals surface area contributed by atoms with Crippen molar-refractivity contribution in [1.29, 1.82) is 0 Å². The summed E-state index contributed by atoms with van der Waals surface area (Å²) < 4.78 is 6.75. The van der Waals surface area contributed by atoms with Crippen LogP contribution in [0, 0.1) is 0 Å². The van der Waals surface area contributed by atoms with Crippen molar-refractivity contribution in [3.05, 3.63) is 58.6 Å². The van der Waals surface area contributed by atoms with Crippen LogP contribution < -0.4 is 10.1 Å². The summed E-state index contributed by atoms with van der Waals surface area (Å²) >= 11 is 3.41. The lowest BCUT2D eigenvalue weighted by Crippen LogP contribution is -2.36. The first-order chi connectivity index (χ1) is 11.6. The summed E-state index contributed by atoms with van der Waals surface area (Å²) in [5.41, 5.74) is 1.03. The Morgan fingerprint density at radius 1 is 1.21 bits per heavy atom. The molecule has 0 spiro atoms. The number of ether oxygens (including phenoxy) is 1. The van der Waals surface area contributed by atoms with E-state index in [4.69, 9.17) is 4.74 Å². The molecule has 4 nitrogen and oxygen atoms in total. The summed E-state index contributed by atoms with van der Waals surface area (Å²) in [5.74, 6) is 0.719. The SMILES string of the molecule is CCCCC(NCc1ccc(Oc2cccc(Br)c2)cc1)C(=O)O. The van der Waals surface area contributed by atoms with Gasteiger partial charge in [0.05, 0.1) is 0 Å². The fourth-order valence-electron chi connectivity index (χ4n) is 2.30. The highest BCUT2D eigenvalue weighted by atomic mass is 79.9. The second-order valence-corrected chi connectivity index (χ2v) is 6.53. The van der Waals surface area contributed by atoms with Crippen LogP contribution in [-0.2, 0) is 11.3 Å². The highest BCUT2D eigenvalue weighted by molar-refractivity contribution is 9.10. The van der Waals surface area contributed by atoms with Gasteiger partial charge in [-0.3, -0.25) is 4.79 Å². The smallest absolute Gasteiger partial charge is 0.320 e. The van der Waals surface area contributed by atoms with E-state index in [1.807, 2.05) is 48.5 Å². The van der Waals surface area contributed by atoms with Gasteiger partial charge in [0.2, 0.25) is 0 Å². The molecule has 0 amide bonds. The number of carbonyl (C=O) groups is 1. The first-order valence-electron chi connectivity index (χ1n) is 8.07. The van der Waals surface area contributed by atoms with Gasteiger partial charge in [-0.2, -0.15) is 0 Å². The van der Waals surface area contributed by atoms with E-state index in [-0.39, 0.29) is 0 Å². The minimum atomic E-state index is -0.793. The average Bonchev–Trinajstić information content (AvgIpc) is 2.56. The Hall–Kier alpha value is -1.85. The highest BCUT2D eigenvalue weighted by Crippen LogP contribution is 2.24. The number of nitrogens with one attached hydrogen (secondary N) is 1. The van der Waals surface area contributed by atoms with Crippen molar-refractivity contribution < 1.29 is 14.6 Å². The molecule has 0 aliphatic carbocycles. The number of halogens is 1. The molecule has 128 valence electrons. The summed E-state index contributed by atoms with van der Waals surface area (Å²) in [6.07, 6.45) is 2.55. The van der Waals surface area contributed by atoms with Gasteiger partial charge >= 0.3 is 5.97 Å². The third kappa shape index (κ3) is 5.98. The van der Waals surface area contributed by atoms with Crippen molar-refractivity contribution in [2.45, 2.75) is 38.8 Å². The quantitative estimate of drug-likeness (QED) is 0.632. The second kappa shape index (κ2) is 9.45. The maximum absolute atomic E-state index is 11.2. The number of aliphatic carboxylic acids is 1. The molecule has 0 aromatic heterocycles. The maximum atomic E-state index is 11.2. The molecule has 1 atom stereocenters. The van der Waals surface area contributed by atoms with Crippen molar-refractivity contribution in [2.75, 3.05) is 0 Å². The van der Waals surface area contributed by atoms with E-state index < -0.39 is 12.0 Å². The fourth-order valence-corrected chi connectivity index (χ4v) is 2.68. The Kier molecular flexibility index (Phi) is 7.28. The van der Waals surface area contributed by atoms with Gasteiger partial charge in [-0.1, -0.05) is 53.9 Å². The topological polar surface area (TPSA) is 58.6 Å². The molecule has 24 heavy (non-hydrogen) atoms. The lowest BCUT2D eigenvalue weighted by molar-refractivity contribution is -0.139. The van der Waals surface area contributed by atoms with E-state index in [9.17, 15) is 9.90 Å². The minimum Gasteiger partial charge on any atom is -0.480 e. The van der Waals surface area contributed by atoms with Crippen molar-refractivity contribution >= 4 is 21.9 Å². The Morgan fingerprint density at radius 3 is 2.58 bits per heavy atom. The zero-order valence-corrected chi connectivity index (χ0v) is 15.3. The first kappa shape index (κ1) is 18.5. The number of hydrogen-bond acceptors (Lipinski definition) is 3. The third-order valence-electron chi connectivity index (χ3n) is 3.65. The van der Waals surface area contributed by atoms with E-state index >= 15 is 0 Å². The highest BCUT2D eigenvalue weighted by Gasteiger charge is 2.15. The maximum Gasteiger partial charge on any atom is 0.320 e. The predicted molar refractivity (Wildman–Crippen MR) is 98.4 cm³/mol. The normalized spacial score (nSPS) is 11.9. The van der Waals surface area contributed by atoms with Crippen molar-refractivity contribution in [3.63, 3.8) is 0 Å². The zero-order chi connectivity index (χ0) is 17.4. The van der Waals surface area contributed by atoms with E-state index in [1.54, 1.807) is 0 Å². The van der Waals surface area contributed by atoms with Gasteiger partial charge < -0.3 is 15.2 Å². The van der Waals surface area contributed by atoms with Crippen LogP contribution >= 0.6 is 15.9 Å². The standard InChI is InChI=1S/C19H22BrNO3/c1-2-3-7-18(19(22)23)21-13-14-8-10-16(11-9-14)24-17-6-4-5-15(20)12-17/h4-6,8-12,18,21H,2-3,7,13H2,1H3,(H,22,23). The molecule has 0 aliphatic rings. The van der Waals surface area contributed by atoms with Crippen LogP contribution in [0.15, 0.2) is 53.0 Å².